The molecule has 6 aliphatic rings. The quantitative estimate of drug-likeness (QED) is 0.0722. The van der Waals surface area contributed by atoms with Crippen LogP contribution in [0.3, 0.4) is 0 Å². The molecule has 73 heavy (non-hydrogen) atoms. The second kappa shape index (κ2) is 19.2. The minimum absolute atomic E-state index is 0.0359. The van der Waals surface area contributed by atoms with Crippen molar-refractivity contribution >= 4 is 55.4 Å². The van der Waals surface area contributed by atoms with Crippen LogP contribution in [-0.2, 0) is 19.5 Å². The Morgan fingerprint density at radius 3 is 2.49 bits per heavy atom. The molecule has 3 aromatic carbocycles. The monoisotopic (exact) mass is 1020 g/mol. The zero-order valence-electron chi connectivity index (χ0n) is 42.3. The number of pyridine rings is 1. The van der Waals surface area contributed by atoms with Gasteiger partial charge in [0.05, 0.1) is 58.6 Å². The van der Waals surface area contributed by atoms with E-state index in [4.69, 9.17) is 19.2 Å². The van der Waals surface area contributed by atoms with Crippen molar-refractivity contribution in [2.24, 2.45) is 16.7 Å². The summed E-state index contributed by atoms with van der Waals surface area (Å²) in [6, 6.07) is 22.2. The maximum atomic E-state index is 14.7. The van der Waals surface area contributed by atoms with Crippen molar-refractivity contribution in [3.8, 4) is 5.88 Å². The lowest BCUT2D eigenvalue weighted by Crippen LogP contribution is -2.57. The SMILES string of the molecule is Cc1ccccc1[C@@H]1COCC(C)(C)CN1C1CC2(CCN(c3ccc(C(=O)NS(=O)(=O)c4ccc(NCC5CCC(C)(O)CC5)c([N+](=O)[O-])c4)c(N4c5cc6cc[nH]c6nc5O[C@H]5COCC[C@@H]54)c3)CC2)C1. The summed E-state index contributed by atoms with van der Waals surface area (Å²) in [7, 11) is -4.62. The van der Waals surface area contributed by atoms with Crippen molar-refractivity contribution in [2.75, 3.05) is 67.7 Å². The lowest BCUT2D eigenvalue weighted by molar-refractivity contribution is -0.384. The molecule has 2 aromatic heterocycles. The van der Waals surface area contributed by atoms with Gasteiger partial charge in [-0.1, -0.05) is 38.1 Å². The predicted molar refractivity (Wildman–Crippen MR) is 279 cm³/mol. The van der Waals surface area contributed by atoms with Gasteiger partial charge in [0.25, 0.3) is 21.6 Å². The summed E-state index contributed by atoms with van der Waals surface area (Å²) >= 11 is 0. The number of anilines is 4. The third-order valence-corrected chi connectivity index (χ3v) is 18.2. The molecular formula is C55H68N8O9S. The first-order chi connectivity index (χ1) is 34.9. The zero-order chi connectivity index (χ0) is 50.9. The number of nitrogens with one attached hydrogen (secondary N) is 3. The van der Waals surface area contributed by atoms with E-state index in [9.17, 15) is 28.4 Å². The highest BCUT2D eigenvalue weighted by Crippen LogP contribution is 2.54. The maximum Gasteiger partial charge on any atom is 0.293 e. The van der Waals surface area contributed by atoms with Crippen molar-refractivity contribution in [1.82, 2.24) is 19.6 Å². The summed E-state index contributed by atoms with van der Waals surface area (Å²) in [5, 5.41) is 26.8. The average molecular weight is 1020 g/mol. The predicted octanol–water partition coefficient (Wildman–Crippen LogP) is 8.79. The van der Waals surface area contributed by atoms with E-state index >= 15 is 0 Å². The lowest BCUT2D eigenvalue weighted by atomic mass is 9.59. The fourth-order valence-electron chi connectivity index (χ4n) is 12.7. The second-order valence-electron chi connectivity index (χ2n) is 22.9. The smallest absolute Gasteiger partial charge is 0.293 e. The van der Waals surface area contributed by atoms with Crippen molar-refractivity contribution in [3.05, 3.63) is 106 Å². The number of piperidine rings is 1. The summed E-state index contributed by atoms with van der Waals surface area (Å²) in [5.74, 6) is -0.316. The first-order valence-corrected chi connectivity index (χ1v) is 27.5. The van der Waals surface area contributed by atoms with Crippen LogP contribution in [0.25, 0.3) is 11.0 Å². The number of hydrogen-bond donors (Lipinski definition) is 4. The molecule has 6 heterocycles. The molecule has 2 saturated carbocycles. The topological polar surface area (TPSA) is 205 Å². The number of nitro groups is 1. The Kier molecular flexibility index (Phi) is 13.0. The number of fused-ring (bicyclic) bond motifs is 3. The van der Waals surface area contributed by atoms with Crippen LogP contribution in [0.1, 0.15) is 106 Å². The van der Waals surface area contributed by atoms with Crippen LogP contribution in [0.15, 0.2) is 83.9 Å². The molecule has 0 bridgehead atoms. The van der Waals surface area contributed by atoms with E-state index < -0.39 is 43.1 Å². The average Bonchev–Trinajstić information content (AvgIpc) is 3.75. The number of sulfonamides is 1. The number of aryl methyl sites for hydroxylation is 1. The van der Waals surface area contributed by atoms with Gasteiger partial charge in [0.1, 0.15) is 23.1 Å². The molecular weight excluding hydrogens is 949 g/mol. The molecule has 0 unspecified atom stereocenters. The normalized spacial score (nSPS) is 26.3. The number of carbonyl (C=O) groups excluding carboxylic acids is 1. The van der Waals surface area contributed by atoms with E-state index in [1.165, 1.54) is 23.3 Å². The Hall–Kier alpha value is -5.79. The van der Waals surface area contributed by atoms with Crippen LogP contribution in [0.4, 0.5) is 28.4 Å². The van der Waals surface area contributed by atoms with E-state index in [0.29, 0.717) is 74.6 Å². The van der Waals surface area contributed by atoms with Crippen LogP contribution in [0.2, 0.25) is 0 Å². The maximum absolute atomic E-state index is 14.7. The number of aromatic nitrogens is 2. The van der Waals surface area contributed by atoms with E-state index in [-0.39, 0.29) is 40.1 Å². The van der Waals surface area contributed by atoms with Gasteiger partial charge in [-0.3, -0.25) is 19.8 Å². The van der Waals surface area contributed by atoms with Gasteiger partial charge < -0.3 is 39.4 Å². The second-order valence-corrected chi connectivity index (χ2v) is 24.5. The van der Waals surface area contributed by atoms with Crippen molar-refractivity contribution in [3.63, 3.8) is 0 Å². The fourth-order valence-corrected chi connectivity index (χ4v) is 13.6. The van der Waals surface area contributed by atoms with Crippen molar-refractivity contribution in [1.29, 1.82) is 0 Å². The van der Waals surface area contributed by atoms with Gasteiger partial charge >= 0.3 is 0 Å². The number of nitrogens with zero attached hydrogens (tertiary/aromatic N) is 5. The van der Waals surface area contributed by atoms with Gasteiger partial charge in [-0.05, 0) is 137 Å². The minimum Gasteiger partial charge on any atom is -0.468 e. The molecule has 0 radical (unpaired) electrons. The Bertz CT molecular complexity index is 3010. The van der Waals surface area contributed by atoms with Crippen LogP contribution in [-0.4, -0.2) is 116 Å². The highest BCUT2D eigenvalue weighted by atomic mass is 32.2. The summed E-state index contributed by atoms with van der Waals surface area (Å²) < 4.78 is 49.5. The number of ether oxygens (including phenoxy) is 3. The van der Waals surface area contributed by atoms with Crippen LogP contribution in [0, 0.1) is 33.8 Å². The standard InChI is InChI=1S/C55H68N8O9S/c1-35-7-5-6-8-41(35)48-31-71-34-53(2,3)33-61(48)39-28-55(29-39)19-22-60(23-20-55)38-9-11-42(45(26-38)62-44-16-24-70-32-49(44)72-52-47(62)25-37-15-21-56-50(37)58-52)51(64)59-73(68,69)40-10-12-43(46(27-40)63(66)67)57-30-36-13-17-54(4,65)18-14-36/h5-12,15,21,25-27,36,39,44,48-49,57,65H,13-14,16-20,22-24,28-34H2,1-4H3,(H,56,58)(H,59,64)/t36?,44-,48-,49-,54?/m0/s1. The summed E-state index contributed by atoms with van der Waals surface area (Å²) in [5.41, 5.74) is 4.74. The van der Waals surface area contributed by atoms with Crippen molar-refractivity contribution < 1.29 is 37.5 Å². The molecule has 3 atom stereocenters. The first kappa shape index (κ1) is 49.4. The van der Waals surface area contributed by atoms with E-state index in [2.05, 4.69) is 74.8 Å². The minimum atomic E-state index is -4.62. The molecule has 5 fully saturated rings. The molecule has 18 heteroatoms. The van der Waals surface area contributed by atoms with Gasteiger partial charge in [-0.25, -0.2) is 13.1 Å². The fraction of sp³-hybridized carbons (Fsp3) is 0.527. The number of hydrogen-bond acceptors (Lipinski definition) is 14. The third-order valence-electron chi connectivity index (χ3n) is 16.9. The van der Waals surface area contributed by atoms with E-state index in [0.717, 1.165) is 81.9 Å². The highest BCUT2D eigenvalue weighted by molar-refractivity contribution is 7.90. The number of carbonyl (C=O) groups is 1. The number of benzene rings is 3. The number of amides is 1. The Morgan fingerprint density at radius 2 is 1.73 bits per heavy atom. The van der Waals surface area contributed by atoms with Gasteiger partial charge in [-0.2, -0.15) is 4.98 Å². The summed E-state index contributed by atoms with van der Waals surface area (Å²) in [6.45, 7) is 13.9. The number of aliphatic hydroxyl groups is 1. The Labute approximate surface area is 427 Å². The summed E-state index contributed by atoms with van der Waals surface area (Å²) in [4.78, 5) is 41.3. The molecule has 5 aromatic rings. The summed E-state index contributed by atoms with van der Waals surface area (Å²) in [6.07, 6.45) is 9.03. The molecule has 11 rings (SSSR count). The first-order valence-electron chi connectivity index (χ1n) is 26.1. The van der Waals surface area contributed by atoms with Crippen LogP contribution in [0.5, 0.6) is 5.88 Å². The highest BCUT2D eigenvalue weighted by Gasteiger charge is 2.51. The number of rotatable bonds is 11. The molecule has 17 nitrogen and oxygen atoms in total. The molecule has 388 valence electrons. The number of H-pyrrole nitrogens is 1. The molecule has 1 amide bonds. The lowest BCUT2D eigenvalue weighted by Gasteiger charge is -2.57. The largest absolute Gasteiger partial charge is 0.468 e. The van der Waals surface area contributed by atoms with Crippen LogP contribution >= 0.6 is 0 Å². The van der Waals surface area contributed by atoms with Gasteiger partial charge in [-0.15, -0.1) is 0 Å². The third kappa shape index (κ3) is 9.88. The molecule has 4 N–H and O–H groups in total. The van der Waals surface area contributed by atoms with Gasteiger partial charge in [0, 0.05) is 67.6 Å². The number of aromatic amines is 1. The number of nitro benzene ring substituents is 1. The molecule has 2 aliphatic carbocycles. The van der Waals surface area contributed by atoms with Crippen molar-refractivity contribution in [2.45, 2.75) is 120 Å². The van der Waals surface area contributed by atoms with Gasteiger partial charge in [0.15, 0.2) is 0 Å². The Morgan fingerprint density at radius 1 is 0.945 bits per heavy atom. The Balaban J connectivity index is 0.871. The molecule has 4 aliphatic heterocycles. The van der Waals surface area contributed by atoms with E-state index in [1.807, 2.05) is 37.4 Å². The molecule has 1 spiro atoms. The van der Waals surface area contributed by atoms with E-state index in [1.54, 1.807) is 6.07 Å². The van der Waals surface area contributed by atoms with Crippen LogP contribution < -0.4 is 24.6 Å². The molecule has 3 saturated heterocycles. The van der Waals surface area contributed by atoms with Gasteiger partial charge in [0.2, 0.25) is 5.88 Å². The zero-order valence-corrected chi connectivity index (χ0v) is 43.1.